The molecule has 0 fully saturated rings. The fraction of sp³-hybridized carbons (Fsp3) is 0.333. The highest BCUT2D eigenvalue weighted by Crippen LogP contribution is 2.36. The number of halogens is 3. The summed E-state index contributed by atoms with van der Waals surface area (Å²) in [6.07, 6.45) is 4.95. The van der Waals surface area contributed by atoms with Crippen LogP contribution in [0.15, 0.2) is 55.0 Å². The van der Waals surface area contributed by atoms with Gasteiger partial charge in [-0.2, -0.15) is 13.8 Å². The Morgan fingerprint density at radius 1 is 1.29 bits per heavy atom. The molecule has 2 atom stereocenters. The third-order valence-electron chi connectivity index (χ3n) is 5.25. The number of alkyl halides is 2. The smallest absolute Gasteiger partial charge is 0.319 e. The lowest BCUT2D eigenvalue weighted by molar-refractivity contribution is 0.0484. The van der Waals surface area contributed by atoms with Crippen molar-refractivity contribution in [1.82, 2.24) is 9.97 Å². The predicted octanol–water partition coefficient (Wildman–Crippen LogP) is 4.66. The van der Waals surface area contributed by atoms with Crippen molar-refractivity contribution >= 4 is 11.3 Å². The van der Waals surface area contributed by atoms with Crippen LogP contribution in [0.5, 0.6) is 11.9 Å². The molecule has 34 heavy (non-hydrogen) atoms. The van der Waals surface area contributed by atoms with E-state index in [4.69, 9.17) is 14.2 Å². The first-order valence-electron chi connectivity index (χ1n) is 10.4. The maximum atomic E-state index is 13.8. The first-order valence-corrected chi connectivity index (χ1v) is 10.4. The van der Waals surface area contributed by atoms with Crippen LogP contribution in [0.3, 0.4) is 0 Å². The molecular weight excluding hydrogens is 451 g/mol. The number of aromatic nitrogens is 2. The van der Waals surface area contributed by atoms with Crippen molar-refractivity contribution in [3.63, 3.8) is 0 Å². The van der Waals surface area contributed by atoms with Crippen LogP contribution in [0.25, 0.3) is 5.57 Å². The zero-order valence-corrected chi connectivity index (χ0v) is 19.0. The van der Waals surface area contributed by atoms with Crippen molar-refractivity contribution < 1.29 is 32.5 Å². The number of hydrogen-bond donors (Lipinski definition) is 2. The number of benzene rings is 1. The van der Waals surface area contributed by atoms with Gasteiger partial charge in [0.05, 0.1) is 31.1 Å². The van der Waals surface area contributed by atoms with Crippen LogP contribution in [0.4, 0.5) is 18.9 Å². The van der Waals surface area contributed by atoms with E-state index in [0.717, 1.165) is 23.3 Å². The van der Waals surface area contributed by atoms with E-state index in [1.54, 1.807) is 12.3 Å². The van der Waals surface area contributed by atoms with E-state index in [0.29, 0.717) is 24.1 Å². The molecule has 1 aromatic carbocycles. The molecule has 7 nitrogen and oxygen atoms in total. The molecular formula is C24H26F3N3O4. The first-order chi connectivity index (χ1) is 16.2. The lowest BCUT2D eigenvalue weighted by atomic mass is 9.88. The highest BCUT2D eigenvalue weighted by Gasteiger charge is 2.31. The van der Waals surface area contributed by atoms with Gasteiger partial charge in [-0.1, -0.05) is 19.6 Å². The fourth-order valence-electron chi connectivity index (χ4n) is 3.49. The quantitative estimate of drug-likeness (QED) is 0.380. The minimum Gasteiger partial charge on any atom is -0.493 e. The molecule has 0 saturated heterocycles. The van der Waals surface area contributed by atoms with Gasteiger partial charge in [-0.25, -0.2) is 9.37 Å². The van der Waals surface area contributed by atoms with E-state index in [-0.39, 0.29) is 24.2 Å². The second kappa shape index (κ2) is 10.6. The maximum absolute atomic E-state index is 13.8. The highest BCUT2D eigenvalue weighted by molar-refractivity contribution is 5.72. The van der Waals surface area contributed by atoms with Gasteiger partial charge in [0.2, 0.25) is 5.88 Å². The Morgan fingerprint density at radius 3 is 2.71 bits per heavy atom. The van der Waals surface area contributed by atoms with Crippen LogP contribution in [-0.2, 0) is 10.7 Å². The first kappa shape index (κ1) is 25.1. The van der Waals surface area contributed by atoms with E-state index < -0.39 is 23.5 Å². The van der Waals surface area contributed by atoms with Crippen molar-refractivity contribution in [1.29, 1.82) is 0 Å². The lowest BCUT2D eigenvalue weighted by Crippen LogP contribution is -2.25. The van der Waals surface area contributed by atoms with Crippen LogP contribution in [0, 0.1) is 11.7 Å². The topological polar surface area (TPSA) is 85.7 Å². The molecule has 0 bridgehead atoms. The molecule has 2 unspecified atom stereocenters. The number of ether oxygens (including phenoxy) is 3. The van der Waals surface area contributed by atoms with Gasteiger partial charge >= 0.3 is 6.01 Å². The average molecular weight is 477 g/mol. The summed E-state index contributed by atoms with van der Waals surface area (Å²) in [7, 11) is 2.98. The number of nitrogens with one attached hydrogen (secondary N) is 1. The number of rotatable bonds is 10. The number of aliphatic hydroxyl groups excluding tert-OH is 1. The molecule has 10 heteroatoms. The third-order valence-corrected chi connectivity index (χ3v) is 5.25. The molecule has 0 spiro atoms. The molecule has 0 amide bonds. The van der Waals surface area contributed by atoms with Gasteiger partial charge in [-0.05, 0) is 41.8 Å². The minimum atomic E-state index is -3.53. The fourth-order valence-corrected chi connectivity index (χ4v) is 3.49. The average Bonchev–Trinajstić information content (AvgIpc) is 2.83. The van der Waals surface area contributed by atoms with Crippen molar-refractivity contribution in [3.05, 3.63) is 71.9 Å². The Morgan fingerprint density at radius 2 is 2.06 bits per heavy atom. The molecule has 3 rings (SSSR count). The molecule has 182 valence electrons. The summed E-state index contributed by atoms with van der Waals surface area (Å²) in [5, 5.41) is 12.9. The van der Waals surface area contributed by atoms with E-state index in [1.807, 2.05) is 13.0 Å². The standard InChI is InChI=1S/C24H26F3N3O4/c1-5-24(26,27)19-11-15(6-9-20(19)25)29-21(31)13-34-16-7-8-17(14(2)10-16)18-12-28-23(33-4)30-22(18)32-3/h5-9,11-12,14,21,29,31H,1,10,13H2,2-4H3. The second-order valence-electron chi connectivity index (χ2n) is 7.63. The van der Waals surface area contributed by atoms with Gasteiger partial charge in [-0.15, -0.1) is 0 Å². The Hall–Kier alpha value is -3.53. The number of anilines is 1. The Bertz CT molecular complexity index is 1100. The largest absolute Gasteiger partial charge is 0.493 e. The van der Waals surface area contributed by atoms with Gasteiger partial charge in [0, 0.05) is 18.3 Å². The van der Waals surface area contributed by atoms with E-state index in [9.17, 15) is 18.3 Å². The molecule has 0 saturated carbocycles. The SMILES string of the molecule is C=CC(F)(F)c1cc(NC(O)COC2=CC=C(c3cnc(OC)nc3OC)C(C)C2)ccc1F. The molecule has 0 radical (unpaired) electrons. The summed E-state index contributed by atoms with van der Waals surface area (Å²) in [6, 6.07) is 3.29. The Kier molecular flexibility index (Phi) is 7.83. The summed E-state index contributed by atoms with van der Waals surface area (Å²) in [6.45, 7) is 4.88. The number of nitrogens with zero attached hydrogens (tertiary/aromatic N) is 2. The predicted molar refractivity (Wildman–Crippen MR) is 121 cm³/mol. The molecule has 2 aromatic rings. The number of aliphatic hydroxyl groups is 1. The van der Waals surface area contributed by atoms with Crippen LogP contribution in [0.1, 0.15) is 24.5 Å². The second-order valence-corrected chi connectivity index (χ2v) is 7.63. The highest BCUT2D eigenvalue weighted by atomic mass is 19.3. The molecule has 0 aliphatic heterocycles. The Labute approximate surface area is 195 Å². The normalized spacial score (nSPS) is 16.7. The van der Waals surface area contributed by atoms with Gasteiger partial charge in [-0.3, -0.25) is 0 Å². The molecule has 1 aliphatic carbocycles. The van der Waals surface area contributed by atoms with Crippen LogP contribution in [-0.4, -0.2) is 42.1 Å². The maximum Gasteiger partial charge on any atom is 0.319 e. The third kappa shape index (κ3) is 5.69. The monoisotopic (exact) mass is 477 g/mol. The van der Waals surface area contributed by atoms with Crippen LogP contribution < -0.4 is 14.8 Å². The molecule has 2 N–H and O–H groups in total. The van der Waals surface area contributed by atoms with Gasteiger partial charge in [0.25, 0.3) is 5.92 Å². The summed E-state index contributed by atoms with van der Waals surface area (Å²) < 4.78 is 57.5. The minimum absolute atomic E-state index is 0.0387. The number of allylic oxidation sites excluding steroid dienone is 5. The van der Waals surface area contributed by atoms with Crippen LogP contribution >= 0.6 is 0 Å². The van der Waals surface area contributed by atoms with Gasteiger partial charge in [0.1, 0.15) is 12.4 Å². The van der Waals surface area contributed by atoms with Crippen molar-refractivity contribution in [2.45, 2.75) is 25.5 Å². The number of methoxy groups -OCH3 is 2. The van der Waals surface area contributed by atoms with E-state index >= 15 is 0 Å². The van der Waals surface area contributed by atoms with Gasteiger partial charge in [0.15, 0.2) is 6.23 Å². The summed E-state index contributed by atoms with van der Waals surface area (Å²) in [4.78, 5) is 8.35. The zero-order valence-electron chi connectivity index (χ0n) is 19.0. The summed E-state index contributed by atoms with van der Waals surface area (Å²) >= 11 is 0. The summed E-state index contributed by atoms with van der Waals surface area (Å²) in [5.74, 6) is -3.54. The molecule has 1 aliphatic rings. The van der Waals surface area contributed by atoms with Crippen LogP contribution in [0.2, 0.25) is 0 Å². The van der Waals surface area contributed by atoms with Crippen molar-refractivity contribution in [2.24, 2.45) is 5.92 Å². The van der Waals surface area contributed by atoms with Gasteiger partial charge < -0.3 is 24.6 Å². The van der Waals surface area contributed by atoms with E-state index in [1.165, 1.54) is 20.3 Å². The van der Waals surface area contributed by atoms with Crippen molar-refractivity contribution in [2.75, 3.05) is 26.1 Å². The summed E-state index contributed by atoms with van der Waals surface area (Å²) in [5.41, 5.74) is 0.970. The van der Waals surface area contributed by atoms with Crippen molar-refractivity contribution in [3.8, 4) is 11.9 Å². The Balaban J connectivity index is 1.66. The molecule has 1 heterocycles. The molecule has 1 aromatic heterocycles. The lowest BCUT2D eigenvalue weighted by Gasteiger charge is -2.24. The number of hydrogen-bond acceptors (Lipinski definition) is 7. The van der Waals surface area contributed by atoms with E-state index in [2.05, 4.69) is 21.9 Å². The zero-order chi connectivity index (χ0) is 24.9.